The van der Waals surface area contributed by atoms with Crippen molar-refractivity contribution in [2.24, 2.45) is 5.92 Å². The molecule has 1 aromatic carbocycles. The van der Waals surface area contributed by atoms with Crippen LogP contribution in [0.4, 0.5) is 23.0 Å². The summed E-state index contributed by atoms with van der Waals surface area (Å²) in [6, 6.07) is 6.97. The molecule has 0 radical (unpaired) electrons. The number of hydrogen-bond acceptors (Lipinski definition) is 7. The number of carbonyl (C=O) groups is 1. The van der Waals surface area contributed by atoms with Gasteiger partial charge in [-0.15, -0.1) is 0 Å². The number of anilines is 4. The number of nitrogens with zero attached hydrogens (tertiary/aromatic N) is 2. The third kappa shape index (κ3) is 5.61. The van der Waals surface area contributed by atoms with Gasteiger partial charge in [0.25, 0.3) is 0 Å². The minimum atomic E-state index is -0.330. The van der Waals surface area contributed by atoms with E-state index in [9.17, 15) is 4.79 Å². The van der Waals surface area contributed by atoms with E-state index < -0.39 is 0 Å². The summed E-state index contributed by atoms with van der Waals surface area (Å²) in [4.78, 5) is 20.3. The van der Waals surface area contributed by atoms with Crippen LogP contribution in [-0.2, 0) is 4.74 Å². The molecule has 0 spiro atoms. The van der Waals surface area contributed by atoms with Gasteiger partial charge in [-0.25, -0.2) is 14.8 Å². The van der Waals surface area contributed by atoms with Crippen LogP contribution in [0.5, 0.6) is 0 Å². The Morgan fingerprint density at radius 3 is 2.35 bits per heavy atom. The predicted molar refractivity (Wildman–Crippen MR) is 105 cm³/mol. The Labute approximate surface area is 154 Å². The summed E-state index contributed by atoms with van der Waals surface area (Å²) >= 11 is 0. The van der Waals surface area contributed by atoms with Gasteiger partial charge in [-0.3, -0.25) is 0 Å². The topological polar surface area (TPSA) is 102 Å². The standard InChI is InChI=1S/C19H27N5O2/c1-12(2)10-26-18(25)13-6-8-14(9-7-13)23-16-15(20)17(22-11-21-16)24-19(3,4)5/h6-9,11-12H,10,20H2,1-5H3,(H2,21,22,23,24). The molecule has 2 aromatic rings. The summed E-state index contributed by atoms with van der Waals surface area (Å²) in [5.74, 6) is 1.05. The van der Waals surface area contributed by atoms with Gasteiger partial charge in [0.1, 0.15) is 12.0 Å². The van der Waals surface area contributed by atoms with E-state index in [0.717, 1.165) is 5.69 Å². The lowest BCUT2D eigenvalue weighted by Gasteiger charge is -2.22. The molecule has 0 aliphatic rings. The molecule has 0 bridgehead atoms. The number of esters is 1. The second-order valence-corrected chi connectivity index (χ2v) is 7.55. The van der Waals surface area contributed by atoms with Crippen LogP contribution >= 0.6 is 0 Å². The summed E-state index contributed by atoms with van der Waals surface area (Å²) in [6.45, 7) is 10.5. The van der Waals surface area contributed by atoms with Crippen LogP contribution in [0, 0.1) is 5.92 Å². The molecule has 0 saturated heterocycles. The van der Waals surface area contributed by atoms with Crippen molar-refractivity contribution in [2.75, 3.05) is 23.0 Å². The number of hydrogen-bond donors (Lipinski definition) is 3. The quantitative estimate of drug-likeness (QED) is 0.675. The molecule has 0 saturated carbocycles. The summed E-state index contributed by atoms with van der Waals surface area (Å²) in [5.41, 5.74) is 7.69. The molecule has 0 amide bonds. The van der Waals surface area contributed by atoms with Crippen molar-refractivity contribution < 1.29 is 9.53 Å². The smallest absolute Gasteiger partial charge is 0.338 e. The number of aromatic nitrogens is 2. The molecule has 0 aliphatic heterocycles. The first-order chi connectivity index (χ1) is 12.2. The molecule has 1 heterocycles. The van der Waals surface area contributed by atoms with Crippen molar-refractivity contribution >= 4 is 29.0 Å². The van der Waals surface area contributed by atoms with Crippen molar-refractivity contribution in [3.63, 3.8) is 0 Å². The molecule has 0 aliphatic carbocycles. The lowest BCUT2D eigenvalue weighted by molar-refractivity contribution is 0.0459. The number of nitrogen functional groups attached to an aromatic ring is 1. The fraction of sp³-hybridized carbons (Fsp3) is 0.421. The van der Waals surface area contributed by atoms with E-state index in [1.807, 2.05) is 34.6 Å². The molecule has 1 aromatic heterocycles. The number of benzene rings is 1. The number of rotatable bonds is 6. The average molecular weight is 357 g/mol. The summed E-state index contributed by atoms with van der Waals surface area (Å²) in [5, 5.41) is 6.39. The van der Waals surface area contributed by atoms with Gasteiger partial charge < -0.3 is 21.1 Å². The van der Waals surface area contributed by atoms with Crippen LogP contribution in [0.25, 0.3) is 0 Å². The molecule has 7 heteroatoms. The molecular formula is C19H27N5O2. The molecule has 0 unspecified atom stereocenters. The molecular weight excluding hydrogens is 330 g/mol. The first-order valence-corrected chi connectivity index (χ1v) is 8.58. The zero-order valence-electron chi connectivity index (χ0n) is 16.0. The zero-order chi connectivity index (χ0) is 19.3. The largest absolute Gasteiger partial charge is 0.462 e. The van der Waals surface area contributed by atoms with E-state index >= 15 is 0 Å². The monoisotopic (exact) mass is 357 g/mol. The Morgan fingerprint density at radius 2 is 1.77 bits per heavy atom. The van der Waals surface area contributed by atoms with Crippen molar-refractivity contribution in [3.8, 4) is 0 Å². The molecule has 0 fully saturated rings. The lowest BCUT2D eigenvalue weighted by atomic mass is 10.1. The van der Waals surface area contributed by atoms with Gasteiger partial charge in [0.15, 0.2) is 11.6 Å². The third-order valence-electron chi connectivity index (χ3n) is 3.31. The van der Waals surface area contributed by atoms with Crippen LogP contribution in [0.2, 0.25) is 0 Å². The minimum absolute atomic E-state index is 0.169. The van der Waals surface area contributed by atoms with Crippen LogP contribution in [0.15, 0.2) is 30.6 Å². The highest BCUT2D eigenvalue weighted by atomic mass is 16.5. The SMILES string of the molecule is CC(C)COC(=O)c1ccc(Nc2ncnc(NC(C)(C)C)c2N)cc1. The normalized spacial score (nSPS) is 11.3. The van der Waals surface area contributed by atoms with Crippen LogP contribution in [0.3, 0.4) is 0 Å². The maximum atomic E-state index is 12.0. The number of ether oxygens (including phenoxy) is 1. The van der Waals surface area contributed by atoms with Gasteiger partial charge in [0.05, 0.1) is 12.2 Å². The van der Waals surface area contributed by atoms with Gasteiger partial charge >= 0.3 is 5.97 Å². The maximum Gasteiger partial charge on any atom is 0.338 e. The van der Waals surface area contributed by atoms with Gasteiger partial charge in [-0.05, 0) is 51.0 Å². The second kappa shape index (κ2) is 8.03. The van der Waals surface area contributed by atoms with E-state index in [-0.39, 0.29) is 11.5 Å². The van der Waals surface area contributed by atoms with E-state index in [1.54, 1.807) is 24.3 Å². The number of carbonyl (C=O) groups excluding carboxylic acids is 1. The fourth-order valence-corrected chi connectivity index (χ4v) is 2.10. The van der Waals surface area contributed by atoms with Gasteiger partial charge in [-0.1, -0.05) is 13.8 Å². The van der Waals surface area contributed by atoms with E-state index in [0.29, 0.717) is 35.4 Å². The molecule has 2 rings (SSSR count). The van der Waals surface area contributed by atoms with Crippen LogP contribution < -0.4 is 16.4 Å². The van der Waals surface area contributed by atoms with E-state index in [1.165, 1.54) is 6.33 Å². The molecule has 4 N–H and O–H groups in total. The Balaban J connectivity index is 2.10. The Kier molecular flexibility index (Phi) is 6.02. The highest BCUT2D eigenvalue weighted by molar-refractivity contribution is 5.90. The molecule has 0 atom stereocenters. The first-order valence-electron chi connectivity index (χ1n) is 8.58. The van der Waals surface area contributed by atoms with E-state index in [4.69, 9.17) is 10.5 Å². The Bertz CT molecular complexity index is 752. The molecule has 26 heavy (non-hydrogen) atoms. The third-order valence-corrected chi connectivity index (χ3v) is 3.31. The summed E-state index contributed by atoms with van der Waals surface area (Å²) in [6.07, 6.45) is 1.45. The maximum absolute atomic E-state index is 12.0. The van der Waals surface area contributed by atoms with Crippen molar-refractivity contribution in [3.05, 3.63) is 36.2 Å². The number of nitrogens with one attached hydrogen (secondary N) is 2. The zero-order valence-corrected chi connectivity index (χ0v) is 16.0. The summed E-state index contributed by atoms with van der Waals surface area (Å²) in [7, 11) is 0. The summed E-state index contributed by atoms with van der Waals surface area (Å²) < 4.78 is 5.22. The lowest BCUT2D eigenvalue weighted by Crippen LogP contribution is -2.27. The van der Waals surface area contributed by atoms with Gasteiger partial charge in [0, 0.05) is 11.2 Å². The second-order valence-electron chi connectivity index (χ2n) is 7.55. The molecule has 140 valence electrons. The van der Waals surface area contributed by atoms with Crippen LogP contribution in [0.1, 0.15) is 45.0 Å². The Hall–Kier alpha value is -2.83. The first kappa shape index (κ1) is 19.5. The highest BCUT2D eigenvalue weighted by Crippen LogP contribution is 2.27. The van der Waals surface area contributed by atoms with Gasteiger partial charge in [-0.2, -0.15) is 0 Å². The number of nitrogens with two attached hydrogens (primary N) is 1. The van der Waals surface area contributed by atoms with Crippen molar-refractivity contribution in [1.29, 1.82) is 0 Å². The predicted octanol–water partition coefficient (Wildman–Crippen LogP) is 3.83. The Morgan fingerprint density at radius 1 is 1.15 bits per heavy atom. The van der Waals surface area contributed by atoms with Gasteiger partial charge in [0.2, 0.25) is 0 Å². The fourth-order valence-electron chi connectivity index (χ4n) is 2.10. The highest BCUT2D eigenvalue weighted by Gasteiger charge is 2.15. The average Bonchev–Trinajstić information content (AvgIpc) is 2.56. The van der Waals surface area contributed by atoms with E-state index in [2.05, 4.69) is 20.6 Å². The van der Waals surface area contributed by atoms with Crippen molar-refractivity contribution in [1.82, 2.24) is 9.97 Å². The molecule has 7 nitrogen and oxygen atoms in total. The van der Waals surface area contributed by atoms with Crippen LogP contribution in [-0.4, -0.2) is 28.1 Å². The minimum Gasteiger partial charge on any atom is -0.462 e. The van der Waals surface area contributed by atoms with Crippen molar-refractivity contribution in [2.45, 2.75) is 40.2 Å².